The Morgan fingerprint density at radius 3 is 1.57 bits per heavy atom. The second-order valence-electron chi connectivity index (χ2n) is 10.00. The van der Waals surface area contributed by atoms with E-state index < -0.39 is 6.97 Å². The normalized spacial score (nSPS) is 15.3. The van der Waals surface area contributed by atoms with Crippen LogP contribution in [0.5, 0.6) is 0 Å². The standard InChI is InChI=1S/C32H18BF2I4N3/c34-33(35)41-29(21-5-13-25(38)14-6-21)17-28(20-3-11-24(37)12-4-20)32(41)40-30-18-27(19-1-9-23(36)10-2-19)31(42(30)33)22-7-15-26(39)16-8-22/h1-18H. The van der Waals surface area contributed by atoms with Gasteiger partial charge in [0.25, 0.3) is 5.84 Å². The van der Waals surface area contributed by atoms with Gasteiger partial charge in [-0.15, -0.1) is 0 Å². The molecular weight excluding hydrogens is 983 g/mol. The van der Waals surface area contributed by atoms with Crippen molar-refractivity contribution in [2.24, 2.45) is 4.99 Å². The van der Waals surface area contributed by atoms with Gasteiger partial charge in [-0.1, -0.05) is 36.4 Å². The van der Waals surface area contributed by atoms with Gasteiger partial charge in [0.05, 0.1) is 0 Å². The third kappa shape index (κ3) is 5.03. The summed E-state index contributed by atoms with van der Waals surface area (Å²) >= 11 is 8.98. The molecule has 2 aliphatic rings. The van der Waals surface area contributed by atoms with E-state index in [1.807, 2.05) is 109 Å². The zero-order chi connectivity index (χ0) is 29.2. The van der Waals surface area contributed by atoms with Crippen LogP contribution < -0.4 is 0 Å². The Labute approximate surface area is 296 Å². The van der Waals surface area contributed by atoms with Gasteiger partial charge < -0.3 is 17.6 Å². The highest BCUT2D eigenvalue weighted by Gasteiger charge is 2.52. The minimum Gasteiger partial charge on any atom is -0.414 e. The Kier molecular flexibility index (Phi) is 7.70. The highest BCUT2D eigenvalue weighted by Crippen LogP contribution is 2.45. The van der Waals surface area contributed by atoms with Crippen LogP contribution in [0, 0.1) is 14.3 Å². The molecule has 0 atom stereocenters. The summed E-state index contributed by atoms with van der Waals surface area (Å²) in [5, 5.41) is 0. The number of rotatable bonds is 4. The first-order chi connectivity index (χ1) is 20.2. The molecule has 0 aliphatic carbocycles. The first-order valence-electron chi connectivity index (χ1n) is 13.0. The van der Waals surface area contributed by atoms with Crippen LogP contribution in [0.1, 0.15) is 11.1 Å². The lowest BCUT2D eigenvalue weighted by Gasteiger charge is -2.31. The van der Waals surface area contributed by atoms with Crippen molar-refractivity contribution in [3.63, 3.8) is 0 Å². The minimum absolute atomic E-state index is 0.244. The summed E-state index contributed by atoms with van der Waals surface area (Å²) in [6, 6.07) is 33.1. The van der Waals surface area contributed by atoms with Crippen molar-refractivity contribution in [1.29, 1.82) is 0 Å². The highest BCUT2D eigenvalue weighted by molar-refractivity contribution is 14.1. The summed E-state index contributed by atoms with van der Waals surface area (Å²) in [6.07, 6.45) is 1.81. The Morgan fingerprint density at radius 2 is 1.05 bits per heavy atom. The van der Waals surface area contributed by atoms with Crippen molar-refractivity contribution in [1.82, 2.24) is 4.48 Å². The average molecular weight is 1000 g/mol. The smallest absolute Gasteiger partial charge is 0.414 e. The topological polar surface area (TPSA) is 20.3 Å². The second-order valence-corrected chi connectivity index (χ2v) is 15.0. The number of nitrogens with zero attached hydrogens (tertiary/aromatic N) is 3. The van der Waals surface area contributed by atoms with Gasteiger partial charge in [-0.05, 0) is 179 Å². The summed E-state index contributed by atoms with van der Waals surface area (Å²) < 4.78 is 41.3. The van der Waals surface area contributed by atoms with Crippen LogP contribution in [-0.4, -0.2) is 27.5 Å². The molecule has 5 aromatic rings. The van der Waals surface area contributed by atoms with Crippen LogP contribution in [0.3, 0.4) is 0 Å². The van der Waals surface area contributed by atoms with E-state index >= 15 is 8.63 Å². The monoisotopic (exact) mass is 1000 g/mol. The van der Waals surface area contributed by atoms with Gasteiger partial charge in [-0.25, -0.2) is 0 Å². The number of hydrogen-bond donors (Lipinski definition) is 0. The van der Waals surface area contributed by atoms with E-state index in [-0.39, 0.29) is 11.7 Å². The predicted octanol–water partition coefficient (Wildman–Crippen LogP) is 10.1. The maximum Gasteiger partial charge on any atom is 0.642 e. The molecule has 42 heavy (non-hydrogen) atoms. The number of benzene rings is 4. The fourth-order valence-corrected chi connectivity index (χ4v) is 6.95. The molecule has 7 rings (SSSR count). The van der Waals surface area contributed by atoms with Crippen molar-refractivity contribution >= 4 is 120 Å². The van der Waals surface area contributed by atoms with Gasteiger partial charge in [0.15, 0.2) is 0 Å². The molecule has 0 spiro atoms. The first-order valence-corrected chi connectivity index (χ1v) is 17.3. The molecule has 206 valence electrons. The van der Waals surface area contributed by atoms with E-state index in [9.17, 15) is 0 Å². The van der Waals surface area contributed by atoms with Crippen molar-refractivity contribution in [3.8, 4) is 22.4 Å². The molecule has 0 bridgehead atoms. The van der Waals surface area contributed by atoms with E-state index in [1.54, 1.807) is 0 Å². The van der Waals surface area contributed by atoms with Gasteiger partial charge in [-0.2, -0.15) is 0 Å². The molecule has 0 radical (unpaired) electrons. The Balaban J connectivity index is 1.54. The van der Waals surface area contributed by atoms with Gasteiger partial charge in [0.2, 0.25) is 5.82 Å². The quantitative estimate of drug-likeness (QED) is 0.126. The fourth-order valence-electron chi connectivity index (χ4n) is 5.52. The van der Waals surface area contributed by atoms with Crippen LogP contribution in [0.25, 0.3) is 28.0 Å². The fraction of sp³-hybridized carbons (Fsp3) is 0. The van der Waals surface area contributed by atoms with Crippen LogP contribution >= 0.6 is 90.4 Å². The third-order valence-electron chi connectivity index (χ3n) is 7.44. The maximum absolute atomic E-state index is 17.4. The number of aliphatic imine (C=N–C) groups is 1. The summed E-state index contributed by atoms with van der Waals surface area (Å²) in [6.45, 7) is -4.34. The van der Waals surface area contributed by atoms with E-state index in [2.05, 4.69) is 90.4 Å². The number of aromatic nitrogens is 1. The first kappa shape index (κ1) is 28.8. The SMILES string of the molecule is F[B-]1(F)n2c(-c3ccc(I)cc3)cc(-c3ccc(I)cc3)c2N=C2C=C(c3ccc(I)cc3)C(c3ccc(I)cc3)=[N+]21. The maximum atomic E-state index is 17.4. The second kappa shape index (κ2) is 11.2. The largest absolute Gasteiger partial charge is 0.642 e. The van der Waals surface area contributed by atoms with Crippen LogP contribution in [0.15, 0.2) is 114 Å². The number of allylic oxidation sites excluding steroid dienone is 1. The molecule has 0 unspecified atom stereocenters. The molecule has 10 heteroatoms. The zero-order valence-electron chi connectivity index (χ0n) is 21.6. The van der Waals surface area contributed by atoms with Crippen molar-refractivity contribution in [2.45, 2.75) is 0 Å². The molecule has 2 aliphatic heterocycles. The third-order valence-corrected chi connectivity index (χ3v) is 10.3. The lowest BCUT2D eigenvalue weighted by molar-refractivity contribution is -0.291. The molecule has 0 saturated heterocycles. The zero-order valence-corrected chi connectivity index (χ0v) is 30.2. The van der Waals surface area contributed by atoms with Gasteiger partial charge in [0.1, 0.15) is 5.71 Å². The Bertz CT molecular complexity index is 1960. The molecule has 1 aromatic heterocycles. The van der Waals surface area contributed by atoms with Gasteiger partial charge >= 0.3 is 6.97 Å². The number of hydrogen-bond acceptors (Lipinski definition) is 1. The van der Waals surface area contributed by atoms with Gasteiger partial charge in [0, 0.05) is 42.8 Å². The molecule has 0 saturated carbocycles. The average Bonchev–Trinajstić information content (AvgIpc) is 3.56. The molecular formula is C32H18BF2I4N3. The molecule has 3 heterocycles. The van der Waals surface area contributed by atoms with E-state index in [4.69, 9.17) is 4.99 Å². The predicted molar refractivity (Wildman–Crippen MR) is 202 cm³/mol. The molecule has 3 nitrogen and oxygen atoms in total. The lowest BCUT2D eigenvalue weighted by atomic mass is 9.90. The summed E-state index contributed by atoms with van der Waals surface area (Å²) in [7, 11) is 0. The van der Waals surface area contributed by atoms with Crippen LogP contribution in [0.4, 0.5) is 14.4 Å². The summed E-state index contributed by atoms with van der Waals surface area (Å²) in [4.78, 5) is 4.99. The highest BCUT2D eigenvalue weighted by atomic mass is 127. The van der Waals surface area contributed by atoms with Crippen LogP contribution in [0.2, 0.25) is 0 Å². The van der Waals surface area contributed by atoms with Gasteiger partial charge in [-0.3, -0.25) is 0 Å². The van der Waals surface area contributed by atoms with Crippen molar-refractivity contribution in [2.75, 3.05) is 0 Å². The Hall–Kier alpha value is -1.92. The Morgan fingerprint density at radius 1 is 0.595 bits per heavy atom. The summed E-state index contributed by atoms with van der Waals surface area (Å²) in [5.41, 5.74) is 5.46. The number of fused-ring (bicyclic) bond motifs is 2. The van der Waals surface area contributed by atoms with E-state index in [1.165, 1.54) is 0 Å². The lowest BCUT2D eigenvalue weighted by Crippen LogP contribution is -2.52. The van der Waals surface area contributed by atoms with E-state index in [0.29, 0.717) is 17.0 Å². The summed E-state index contributed by atoms with van der Waals surface area (Å²) in [5.74, 6) is 0.511. The molecule has 4 aromatic carbocycles. The van der Waals surface area contributed by atoms with Crippen molar-refractivity contribution < 1.29 is 13.1 Å². The van der Waals surface area contributed by atoms with Crippen LogP contribution in [-0.2, 0) is 0 Å². The molecule has 0 fully saturated rings. The minimum atomic E-state index is -4.34. The number of halogens is 6. The molecule has 0 N–H and O–H groups in total. The number of amidine groups is 1. The van der Waals surface area contributed by atoms with Crippen molar-refractivity contribution in [3.05, 3.63) is 135 Å². The van der Waals surface area contributed by atoms with E-state index in [0.717, 1.165) is 51.1 Å². The molecule has 0 amide bonds.